The third-order valence-corrected chi connectivity index (χ3v) is 3.64. The summed E-state index contributed by atoms with van der Waals surface area (Å²) in [6.07, 6.45) is 1.12. The molecule has 0 aromatic heterocycles. The third kappa shape index (κ3) is 2.00. The van der Waals surface area contributed by atoms with E-state index in [9.17, 15) is 0 Å². The lowest BCUT2D eigenvalue weighted by molar-refractivity contribution is 0.168. The predicted molar refractivity (Wildman–Crippen MR) is 66.7 cm³/mol. The summed E-state index contributed by atoms with van der Waals surface area (Å²) in [6.45, 7) is 8.02. The third-order valence-electron chi connectivity index (χ3n) is 3.64. The molecular weight excluding hydrogens is 214 g/mol. The second kappa shape index (κ2) is 4.22. The van der Waals surface area contributed by atoms with Gasteiger partial charge in [-0.2, -0.15) is 0 Å². The minimum atomic E-state index is 0.608. The van der Waals surface area contributed by atoms with Crippen LogP contribution in [-0.4, -0.2) is 30.7 Å². The average Bonchev–Trinajstić information content (AvgIpc) is 2.35. The van der Waals surface area contributed by atoms with Gasteiger partial charge in [0.05, 0.1) is 0 Å². The van der Waals surface area contributed by atoms with Gasteiger partial charge in [0.2, 0.25) is 0 Å². The standard InChI is InChI=1S/C14H19NO2/c1-10(2)15-4-3-11-7-13-14(8-12(11)9-15)17-6-5-16-13/h7-8,10H,3-6,9H2,1-2H3. The Morgan fingerprint density at radius 3 is 2.35 bits per heavy atom. The molecule has 0 saturated carbocycles. The molecule has 0 fully saturated rings. The van der Waals surface area contributed by atoms with Crippen LogP contribution in [0.15, 0.2) is 12.1 Å². The molecule has 92 valence electrons. The number of rotatable bonds is 1. The molecule has 0 aliphatic carbocycles. The highest BCUT2D eigenvalue weighted by Crippen LogP contribution is 2.35. The lowest BCUT2D eigenvalue weighted by Gasteiger charge is -2.33. The van der Waals surface area contributed by atoms with Crippen LogP contribution < -0.4 is 9.47 Å². The molecule has 3 heteroatoms. The highest BCUT2D eigenvalue weighted by Gasteiger charge is 2.22. The zero-order valence-corrected chi connectivity index (χ0v) is 10.5. The summed E-state index contributed by atoms with van der Waals surface area (Å²) in [5.74, 6) is 1.84. The Bertz CT molecular complexity index is 428. The lowest BCUT2D eigenvalue weighted by Crippen LogP contribution is -2.36. The first-order valence-corrected chi connectivity index (χ1v) is 6.39. The van der Waals surface area contributed by atoms with Gasteiger partial charge in [-0.05, 0) is 43.5 Å². The largest absolute Gasteiger partial charge is 0.486 e. The Kier molecular flexibility index (Phi) is 2.71. The molecule has 0 saturated heterocycles. The Labute approximate surface area is 102 Å². The maximum atomic E-state index is 5.64. The Hall–Kier alpha value is -1.22. The van der Waals surface area contributed by atoms with Gasteiger partial charge in [0.1, 0.15) is 13.2 Å². The van der Waals surface area contributed by atoms with Gasteiger partial charge >= 0.3 is 0 Å². The number of ether oxygens (including phenoxy) is 2. The molecule has 0 amide bonds. The number of hydrogen-bond donors (Lipinski definition) is 0. The number of benzene rings is 1. The first-order chi connectivity index (χ1) is 8.24. The van der Waals surface area contributed by atoms with Crippen LogP contribution in [0.25, 0.3) is 0 Å². The van der Waals surface area contributed by atoms with Crippen LogP contribution in [-0.2, 0) is 13.0 Å². The van der Waals surface area contributed by atoms with Gasteiger partial charge in [-0.25, -0.2) is 0 Å². The van der Waals surface area contributed by atoms with Gasteiger partial charge < -0.3 is 9.47 Å². The summed E-state index contributed by atoms with van der Waals surface area (Å²) in [5, 5.41) is 0. The molecule has 0 radical (unpaired) electrons. The molecule has 0 spiro atoms. The fraction of sp³-hybridized carbons (Fsp3) is 0.571. The van der Waals surface area contributed by atoms with Crippen LogP contribution in [0.1, 0.15) is 25.0 Å². The van der Waals surface area contributed by atoms with Crippen LogP contribution in [0.4, 0.5) is 0 Å². The van der Waals surface area contributed by atoms with Crippen molar-refractivity contribution in [1.82, 2.24) is 4.90 Å². The summed E-state index contributed by atoms with van der Waals surface area (Å²) in [7, 11) is 0. The molecule has 2 aliphatic heterocycles. The van der Waals surface area contributed by atoms with Gasteiger partial charge in [-0.15, -0.1) is 0 Å². The number of nitrogens with zero attached hydrogens (tertiary/aromatic N) is 1. The van der Waals surface area contributed by atoms with Crippen LogP contribution >= 0.6 is 0 Å². The van der Waals surface area contributed by atoms with Crippen molar-refractivity contribution >= 4 is 0 Å². The van der Waals surface area contributed by atoms with E-state index in [-0.39, 0.29) is 0 Å². The van der Waals surface area contributed by atoms with Gasteiger partial charge in [0.15, 0.2) is 11.5 Å². The minimum absolute atomic E-state index is 0.608. The molecule has 3 nitrogen and oxygen atoms in total. The highest BCUT2D eigenvalue weighted by atomic mass is 16.6. The number of hydrogen-bond acceptors (Lipinski definition) is 3. The van der Waals surface area contributed by atoms with Crippen molar-refractivity contribution in [3.05, 3.63) is 23.3 Å². The zero-order valence-electron chi connectivity index (χ0n) is 10.5. The molecule has 0 N–H and O–H groups in total. The van der Waals surface area contributed by atoms with E-state index in [0.29, 0.717) is 19.3 Å². The zero-order chi connectivity index (χ0) is 11.8. The summed E-state index contributed by atoms with van der Waals surface area (Å²) < 4.78 is 11.3. The van der Waals surface area contributed by atoms with Crippen molar-refractivity contribution in [2.45, 2.75) is 32.9 Å². The number of fused-ring (bicyclic) bond motifs is 2. The minimum Gasteiger partial charge on any atom is -0.486 e. The van der Waals surface area contributed by atoms with E-state index < -0.39 is 0 Å². The van der Waals surface area contributed by atoms with Crippen molar-refractivity contribution in [2.75, 3.05) is 19.8 Å². The first-order valence-electron chi connectivity index (χ1n) is 6.39. The van der Waals surface area contributed by atoms with E-state index in [0.717, 1.165) is 31.0 Å². The van der Waals surface area contributed by atoms with Crippen molar-refractivity contribution in [3.8, 4) is 11.5 Å². The molecule has 0 atom stereocenters. The molecular formula is C14H19NO2. The highest BCUT2D eigenvalue weighted by molar-refractivity contribution is 5.48. The SMILES string of the molecule is CC(C)N1CCc2cc3c(cc2C1)OCCO3. The van der Waals surface area contributed by atoms with Gasteiger partial charge in [-0.1, -0.05) is 0 Å². The quantitative estimate of drug-likeness (QED) is 0.742. The van der Waals surface area contributed by atoms with E-state index in [1.807, 2.05) is 0 Å². The maximum absolute atomic E-state index is 5.64. The van der Waals surface area contributed by atoms with Crippen LogP contribution in [0.2, 0.25) is 0 Å². The fourth-order valence-electron chi connectivity index (χ4n) is 2.56. The van der Waals surface area contributed by atoms with E-state index in [2.05, 4.69) is 30.9 Å². The lowest BCUT2D eigenvalue weighted by atomic mass is 9.98. The van der Waals surface area contributed by atoms with Crippen LogP contribution in [0, 0.1) is 0 Å². The summed E-state index contributed by atoms with van der Waals surface area (Å²) in [5.41, 5.74) is 2.82. The van der Waals surface area contributed by atoms with Crippen molar-refractivity contribution in [2.24, 2.45) is 0 Å². The van der Waals surface area contributed by atoms with Crippen LogP contribution in [0.3, 0.4) is 0 Å². The average molecular weight is 233 g/mol. The Morgan fingerprint density at radius 1 is 1.06 bits per heavy atom. The second-order valence-corrected chi connectivity index (χ2v) is 5.08. The van der Waals surface area contributed by atoms with Gasteiger partial charge in [0.25, 0.3) is 0 Å². The molecule has 1 aromatic carbocycles. The van der Waals surface area contributed by atoms with E-state index >= 15 is 0 Å². The van der Waals surface area contributed by atoms with E-state index in [1.165, 1.54) is 11.1 Å². The fourth-order valence-corrected chi connectivity index (χ4v) is 2.56. The molecule has 1 aromatic rings. The van der Waals surface area contributed by atoms with Crippen molar-refractivity contribution < 1.29 is 9.47 Å². The molecule has 0 unspecified atom stereocenters. The van der Waals surface area contributed by atoms with Crippen molar-refractivity contribution in [1.29, 1.82) is 0 Å². The van der Waals surface area contributed by atoms with Gasteiger partial charge in [0, 0.05) is 19.1 Å². The maximum Gasteiger partial charge on any atom is 0.161 e. The monoisotopic (exact) mass is 233 g/mol. The predicted octanol–water partition coefficient (Wildman–Crippen LogP) is 2.22. The molecule has 2 heterocycles. The van der Waals surface area contributed by atoms with Crippen LogP contribution in [0.5, 0.6) is 11.5 Å². The normalized spacial score (nSPS) is 19.2. The topological polar surface area (TPSA) is 21.7 Å². The van der Waals surface area contributed by atoms with Gasteiger partial charge in [-0.3, -0.25) is 4.90 Å². The van der Waals surface area contributed by atoms with E-state index in [1.54, 1.807) is 0 Å². The summed E-state index contributed by atoms with van der Waals surface area (Å²) in [6, 6.07) is 4.94. The molecule has 3 rings (SSSR count). The summed E-state index contributed by atoms with van der Waals surface area (Å²) >= 11 is 0. The van der Waals surface area contributed by atoms with E-state index in [4.69, 9.17) is 9.47 Å². The molecule has 17 heavy (non-hydrogen) atoms. The smallest absolute Gasteiger partial charge is 0.161 e. The molecule has 0 bridgehead atoms. The Balaban J connectivity index is 1.92. The Morgan fingerprint density at radius 2 is 1.71 bits per heavy atom. The van der Waals surface area contributed by atoms with Crippen molar-refractivity contribution in [3.63, 3.8) is 0 Å². The summed E-state index contributed by atoms with van der Waals surface area (Å²) in [4.78, 5) is 2.50. The second-order valence-electron chi connectivity index (χ2n) is 5.08. The first kappa shape index (κ1) is 10.9. The molecule has 2 aliphatic rings.